The average Bonchev–Trinajstić information content (AvgIpc) is 3.36. The van der Waals surface area contributed by atoms with E-state index in [-0.39, 0.29) is 11.6 Å². The van der Waals surface area contributed by atoms with Crippen LogP contribution in [0.5, 0.6) is 0 Å². The van der Waals surface area contributed by atoms with Crippen LogP contribution in [0.4, 0.5) is 20.4 Å². The molecule has 0 aliphatic carbocycles. The van der Waals surface area contributed by atoms with Gasteiger partial charge in [0.25, 0.3) is 5.56 Å². The Hall–Kier alpha value is -3.75. The highest BCUT2D eigenvalue weighted by molar-refractivity contribution is 5.76. The van der Waals surface area contributed by atoms with Gasteiger partial charge in [-0.05, 0) is 30.7 Å². The van der Waals surface area contributed by atoms with Crippen LogP contribution >= 0.6 is 0 Å². The topological polar surface area (TPSA) is 78.8 Å². The van der Waals surface area contributed by atoms with Gasteiger partial charge >= 0.3 is 0 Å². The molecule has 0 saturated carbocycles. The quantitative estimate of drug-likeness (QED) is 0.543. The molecule has 2 aromatic heterocycles. The summed E-state index contributed by atoms with van der Waals surface area (Å²) in [7, 11) is 0. The summed E-state index contributed by atoms with van der Waals surface area (Å²) in [4.78, 5) is 21.6. The lowest BCUT2D eigenvalue weighted by Crippen LogP contribution is -2.28. The zero-order valence-electron chi connectivity index (χ0n) is 15.8. The molecule has 1 fully saturated rings. The number of aromatic amines is 1. The van der Waals surface area contributed by atoms with E-state index < -0.39 is 11.6 Å². The SMILES string of the molecule is O=c1[nH]c(NC2CCN(c3ccc(F)cc3F)C2)nc2c1cnn2-c1ccccc1. The minimum absolute atomic E-state index is 0.0526. The van der Waals surface area contributed by atoms with Crippen LogP contribution in [0.15, 0.2) is 59.5 Å². The third kappa shape index (κ3) is 3.28. The molecule has 5 rings (SSSR count). The zero-order valence-corrected chi connectivity index (χ0v) is 15.8. The molecule has 1 saturated heterocycles. The van der Waals surface area contributed by atoms with Gasteiger partial charge in [0.1, 0.15) is 17.0 Å². The minimum Gasteiger partial charge on any atom is -0.367 e. The van der Waals surface area contributed by atoms with Crippen LogP contribution in [0, 0.1) is 11.6 Å². The van der Waals surface area contributed by atoms with Gasteiger partial charge in [-0.3, -0.25) is 9.78 Å². The van der Waals surface area contributed by atoms with Crippen molar-refractivity contribution in [3.05, 3.63) is 76.7 Å². The van der Waals surface area contributed by atoms with Crippen molar-refractivity contribution < 1.29 is 8.78 Å². The Morgan fingerprint density at radius 1 is 1.13 bits per heavy atom. The van der Waals surface area contributed by atoms with Crippen molar-refractivity contribution in [2.75, 3.05) is 23.3 Å². The molecule has 2 aromatic carbocycles. The van der Waals surface area contributed by atoms with Gasteiger partial charge in [-0.15, -0.1) is 0 Å². The van der Waals surface area contributed by atoms with E-state index in [1.165, 1.54) is 18.3 Å². The van der Waals surface area contributed by atoms with E-state index in [1.54, 1.807) is 4.68 Å². The highest BCUT2D eigenvalue weighted by atomic mass is 19.1. The van der Waals surface area contributed by atoms with Gasteiger partial charge in [0.05, 0.1) is 17.6 Å². The Labute approximate surface area is 170 Å². The van der Waals surface area contributed by atoms with Crippen molar-refractivity contribution in [2.24, 2.45) is 0 Å². The van der Waals surface area contributed by atoms with Crippen LogP contribution in [0.3, 0.4) is 0 Å². The van der Waals surface area contributed by atoms with E-state index in [0.717, 1.165) is 18.2 Å². The fourth-order valence-corrected chi connectivity index (χ4v) is 3.77. The van der Waals surface area contributed by atoms with Crippen molar-refractivity contribution in [3.8, 4) is 5.69 Å². The molecule has 0 radical (unpaired) electrons. The molecule has 3 heterocycles. The van der Waals surface area contributed by atoms with Gasteiger partial charge in [0, 0.05) is 25.2 Å². The second-order valence-corrected chi connectivity index (χ2v) is 7.22. The number of benzene rings is 2. The Balaban J connectivity index is 1.40. The van der Waals surface area contributed by atoms with Crippen LogP contribution < -0.4 is 15.8 Å². The number of hydrogen-bond donors (Lipinski definition) is 2. The molecule has 30 heavy (non-hydrogen) atoms. The van der Waals surface area contributed by atoms with Gasteiger partial charge in [-0.1, -0.05) is 18.2 Å². The van der Waals surface area contributed by atoms with Gasteiger partial charge in [-0.25, -0.2) is 13.5 Å². The third-order valence-electron chi connectivity index (χ3n) is 5.22. The maximum absolute atomic E-state index is 14.1. The molecule has 0 spiro atoms. The molecule has 1 aliphatic rings. The summed E-state index contributed by atoms with van der Waals surface area (Å²) >= 11 is 0. The molecule has 2 N–H and O–H groups in total. The van der Waals surface area contributed by atoms with E-state index in [9.17, 15) is 13.6 Å². The molecular weight excluding hydrogens is 390 g/mol. The fraction of sp³-hybridized carbons (Fsp3) is 0.190. The molecule has 152 valence electrons. The fourth-order valence-electron chi connectivity index (χ4n) is 3.77. The predicted octanol–water partition coefficient (Wildman–Crippen LogP) is 3.08. The predicted molar refractivity (Wildman–Crippen MR) is 110 cm³/mol. The molecule has 9 heteroatoms. The summed E-state index contributed by atoms with van der Waals surface area (Å²) in [5.41, 5.74) is 1.33. The largest absolute Gasteiger partial charge is 0.367 e. The number of rotatable bonds is 4. The Bertz CT molecular complexity index is 1270. The number of H-pyrrole nitrogens is 1. The molecule has 0 bridgehead atoms. The van der Waals surface area contributed by atoms with E-state index in [2.05, 4.69) is 20.4 Å². The summed E-state index contributed by atoms with van der Waals surface area (Å²) in [5.74, 6) is -0.859. The molecular formula is C21H18F2N6O. The monoisotopic (exact) mass is 408 g/mol. The van der Waals surface area contributed by atoms with Crippen molar-refractivity contribution in [2.45, 2.75) is 12.5 Å². The second kappa shape index (κ2) is 7.25. The van der Waals surface area contributed by atoms with Gasteiger partial charge < -0.3 is 10.2 Å². The number of halogens is 2. The van der Waals surface area contributed by atoms with E-state index in [0.29, 0.717) is 35.8 Å². The standard InChI is InChI=1S/C21H18F2N6O/c22-13-6-7-18(17(23)10-13)28-9-8-14(12-28)25-21-26-19-16(20(30)27-21)11-24-29(19)15-4-2-1-3-5-15/h1-7,10-11,14H,8-9,12H2,(H2,25,26,27,30). The number of anilines is 2. The van der Waals surface area contributed by atoms with Crippen LogP contribution in [-0.4, -0.2) is 38.9 Å². The van der Waals surface area contributed by atoms with Crippen molar-refractivity contribution in [1.29, 1.82) is 0 Å². The Kier molecular flexibility index (Phi) is 4.42. The van der Waals surface area contributed by atoms with E-state index in [4.69, 9.17) is 0 Å². The first-order chi connectivity index (χ1) is 14.6. The van der Waals surface area contributed by atoms with Gasteiger partial charge in [0.15, 0.2) is 5.65 Å². The number of nitrogens with one attached hydrogen (secondary N) is 2. The number of nitrogens with zero attached hydrogens (tertiary/aromatic N) is 4. The summed E-state index contributed by atoms with van der Waals surface area (Å²) in [6.07, 6.45) is 2.21. The molecule has 1 unspecified atom stereocenters. The number of hydrogen-bond acceptors (Lipinski definition) is 5. The Morgan fingerprint density at radius 2 is 1.97 bits per heavy atom. The molecule has 1 aliphatic heterocycles. The normalized spacial score (nSPS) is 16.3. The lowest BCUT2D eigenvalue weighted by Gasteiger charge is -2.19. The first kappa shape index (κ1) is 18.3. The molecule has 7 nitrogen and oxygen atoms in total. The minimum atomic E-state index is -0.602. The van der Waals surface area contributed by atoms with Crippen molar-refractivity contribution in [3.63, 3.8) is 0 Å². The summed E-state index contributed by atoms with van der Waals surface area (Å²) in [6.45, 7) is 1.11. The number of fused-ring (bicyclic) bond motifs is 1. The third-order valence-corrected chi connectivity index (χ3v) is 5.22. The summed E-state index contributed by atoms with van der Waals surface area (Å²) < 4.78 is 28.9. The maximum Gasteiger partial charge on any atom is 0.263 e. The highest BCUT2D eigenvalue weighted by Crippen LogP contribution is 2.25. The summed E-state index contributed by atoms with van der Waals surface area (Å²) in [5, 5.41) is 7.91. The number of aromatic nitrogens is 4. The van der Waals surface area contributed by atoms with Crippen molar-refractivity contribution >= 4 is 22.7 Å². The number of para-hydroxylation sites is 1. The highest BCUT2D eigenvalue weighted by Gasteiger charge is 2.25. The van der Waals surface area contributed by atoms with Gasteiger partial charge in [0.2, 0.25) is 5.95 Å². The smallest absolute Gasteiger partial charge is 0.263 e. The van der Waals surface area contributed by atoms with Crippen LogP contribution in [-0.2, 0) is 0 Å². The average molecular weight is 408 g/mol. The maximum atomic E-state index is 14.1. The molecule has 1 atom stereocenters. The lowest BCUT2D eigenvalue weighted by atomic mass is 10.2. The van der Waals surface area contributed by atoms with Crippen LogP contribution in [0.25, 0.3) is 16.7 Å². The zero-order chi connectivity index (χ0) is 20.7. The molecule has 0 amide bonds. The van der Waals surface area contributed by atoms with Crippen LogP contribution in [0.1, 0.15) is 6.42 Å². The van der Waals surface area contributed by atoms with E-state index in [1.807, 2.05) is 35.2 Å². The first-order valence-corrected chi connectivity index (χ1v) is 9.58. The molecule has 4 aromatic rings. The lowest BCUT2D eigenvalue weighted by molar-refractivity contribution is 0.581. The van der Waals surface area contributed by atoms with E-state index >= 15 is 0 Å². The van der Waals surface area contributed by atoms with Gasteiger partial charge in [-0.2, -0.15) is 10.1 Å². The Morgan fingerprint density at radius 3 is 2.77 bits per heavy atom. The van der Waals surface area contributed by atoms with Crippen molar-refractivity contribution in [1.82, 2.24) is 19.7 Å². The van der Waals surface area contributed by atoms with Crippen LogP contribution in [0.2, 0.25) is 0 Å². The second-order valence-electron chi connectivity index (χ2n) is 7.22. The summed E-state index contributed by atoms with van der Waals surface area (Å²) in [6, 6.07) is 13.0. The first-order valence-electron chi connectivity index (χ1n) is 9.58.